The molecule has 0 aliphatic carbocycles. The van der Waals surface area contributed by atoms with Gasteiger partial charge in [-0.05, 0) is 0 Å². The Morgan fingerprint density at radius 1 is 0.875 bits per heavy atom. The first kappa shape index (κ1) is 14.5. The minimum Gasteiger partial charge on any atom is -0.387 e. The van der Waals surface area contributed by atoms with Crippen LogP contribution in [0.2, 0.25) is 0 Å². The standard InChI is InChI=1S/C10H22N6/c1-7(9(11)13-3)5-15-16-6-8(2)10(12)14-4/h7-8H,5-6H2,1-4H3,(H2,11,13)(H2,12,14). The number of hydrogen-bond acceptors (Lipinski definition) is 4. The maximum Gasteiger partial charge on any atom is 0.0981 e. The van der Waals surface area contributed by atoms with E-state index in [0.717, 1.165) is 0 Å². The molecule has 0 saturated carbocycles. The summed E-state index contributed by atoms with van der Waals surface area (Å²) in [5, 5.41) is 8.10. The van der Waals surface area contributed by atoms with Crippen LogP contribution in [0.25, 0.3) is 0 Å². The zero-order valence-electron chi connectivity index (χ0n) is 10.5. The van der Waals surface area contributed by atoms with Crippen LogP contribution in [0, 0.1) is 11.8 Å². The molecular formula is C10H22N6. The molecule has 0 aromatic heterocycles. The number of hydrogen-bond donors (Lipinski definition) is 2. The summed E-state index contributed by atoms with van der Waals surface area (Å²) in [6, 6.07) is 0. The molecule has 0 amide bonds. The molecule has 0 aliphatic heterocycles. The molecule has 2 unspecified atom stereocenters. The third-order valence-corrected chi connectivity index (χ3v) is 2.34. The maximum absolute atomic E-state index is 5.64. The molecule has 4 N–H and O–H groups in total. The van der Waals surface area contributed by atoms with Gasteiger partial charge >= 0.3 is 0 Å². The Kier molecular flexibility index (Phi) is 7.07. The fourth-order valence-electron chi connectivity index (χ4n) is 0.988. The summed E-state index contributed by atoms with van der Waals surface area (Å²) < 4.78 is 0. The van der Waals surface area contributed by atoms with Gasteiger partial charge in [0.05, 0.1) is 24.8 Å². The molecule has 0 fully saturated rings. The summed E-state index contributed by atoms with van der Waals surface area (Å²) in [4.78, 5) is 7.79. The lowest BCUT2D eigenvalue weighted by molar-refractivity contribution is 0.682. The van der Waals surface area contributed by atoms with E-state index < -0.39 is 0 Å². The van der Waals surface area contributed by atoms with Crippen molar-refractivity contribution in [1.29, 1.82) is 0 Å². The van der Waals surface area contributed by atoms with Gasteiger partial charge in [-0.1, -0.05) is 13.8 Å². The van der Waals surface area contributed by atoms with Crippen LogP contribution >= 0.6 is 0 Å². The second kappa shape index (κ2) is 7.78. The first-order valence-corrected chi connectivity index (χ1v) is 5.30. The van der Waals surface area contributed by atoms with Gasteiger partial charge in [0.1, 0.15) is 0 Å². The Morgan fingerprint density at radius 2 is 1.19 bits per heavy atom. The highest BCUT2D eigenvalue weighted by Crippen LogP contribution is 1.99. The van der Waals surface area contributed by atoms with Gasteiger partial charge in [-0.25, -0.2) is 0 Å². The number of nitrogens with two attached hydrogens (primary N) is 2. The highest BCUT2D eigenvalue weighted by Gasteiger charge is 2.06. The molecule has 92 valence electrons. The molecule has 0 radical (unpaired) electrons. The summed E-state index contributed by atoms with van der Waals surface area (Å²) in [7, 11) is 3.34. The van der Waals surface area contributed by atoms with E-state index >= 15 is 0 Å². The number of rotatable bonds is 6. The van der Waals surface area contributed by atoms with Gasteiger partial charge in [0, 0.05) is 25.9 Å². The monoisotopic (exact) mass is 226 g/mol. The van der Waals surface area contributed by atoms with Crippen LogP contribution in [0.4, 0.5) is 0 Å². The zero-order valence-corrected chi connectivity index (χ0v) is 10.5. The van der Waals surface area contributed by atoms with Crippen molar-refractivity contribution in [2.75, 3.05) is 27.2 Å². The van der Waals surface area contributed by atoms with Crippen molar-refractivity contribution in [1.82, 2.24) is 0 Å². The third kappa shape index (κ3) is 5.43. The largest absolute Gasteiger partial charge is 0.387 e. The first-order chi connectivity index (χ1) is 7.52. The molecule has 0 spiro atoms. The lowest BCUT2D eigenvalue weighted by Gasteiger charge is -2.07. The minimum absolute atomic E-state index is 0.126. The van der Waals surface area contributed by atoms with Crippen molar-refractivity contribution in [2.45, 2.75) is 13.8 Å². The number of aliphatic imine (C=N–C) groups is 2. The average Bonchev–Trinajstić information content (AvgIpc) is 2.31. The molecule has 2 atom stereocenters. The lowest BCUT2D eigenvalue weighted by Crippen LogP contribution is -2.24. The van der Waals surface area contributed by atoms with Crippen LogP contribution in [0.3, 0.4) is 0 Å². The van der Waals surface area contributed by atoms with E-state index in [1.54, 1.807) is 14.1 Å². The van der Waals surface area contributed by atoms with E-state index in [2.05, 4.69) is 20.2 Å². The Labute approximate surface area is 96.9 Å². The van der Waals surface area contributed by atoms with Gasteiger partial charge in [0.15, 0.2) is 0 Å². The number of amidine groups is 2. The lowest BCUT2D eigenvalue weighted by atomic mass is 10.1. The minimum atomic E-state index is 0.126. The summed E-state index contributed by atoms with van der Waals surface area (Å²) in [5.41, 5.74) is 11.3. The Bertz CT molecular complexity index is 253. The summed E-state index contributed by atoms with van der Waals surface area (Å²) >= 11 is 0. The average molecular weight is 226 g/mol. The maximum atomic E-state index is 5.64. The highest BCUT2D eigenvalue weighted by atomic mass is 15.1. The molecular weight excluding hydrogens is 204 g/mol. The zero-order chi connectivity index (χ0) is 12.6. The molecule has 0 bridgehead atoms. The molecule has 0 heterocycles. The van der Waals surface area contributed by atoms with Crippen molar-refractivity contribution in [3.63, 3.8) is 0 Å². The first-order valence-electron chi connectivity index (χ1n) is 5.30. The van der Waals surface area contributed by atoms with E-state index in [4.69, 9.17) is 11.5 Å². The van der Waals surface area contributed by atoms with E-state index in [-0.39, 0.29) is 11.8 Å². The molecule has 0 aromatic carbocycles. The summed E-state index contributed by atoms with van der Waals surface area (Å²) in [6.07, 6.45) is 0. The Hall–Kier alpha value is -1.46. The second-order valence-corrected chi connectivity index (χ2v) is 3.75. The van der Waals surface area contributed by atoms with Crippen LogP contribution < -0.4 is 11.5 Å². The fraction of sp³-hybridized carbons (Fsp3) is 0.800. The van der Waals surface area contributed by atoms with E-state index in [0.29, 0.717) is 24.8 Å². The molecule has 6 heteroatoms. The quantitative estimate of drug-likeness (QED) is 0.395. The topological polar surface area (TPSA) is 101 Å². The van der Waals surface area contributed by atoms with Crippen molar-refractivity contribution >= 4 is 11.7 Å². The van der Waals surface area contributed by atoms with Gasteiger partial charge in [0.2, 0.25) is 0 Å². The van der Waals surface area contributed by atoms with Crippen LogP contribution in [-0.4, -0.2) is 38.9 Å². The number of nitrogens with zero attached hydrogens (tertiary/aromatic N) is 4. The molecule has 6 nitrogen and oxygen atoms in total. The Balaban J connectivity index is 3.95. The van der Waals surface area contributed by atoms with Gasteiger partial charge in [0.25, 0.3) is 0 Å². The summed E-state index contributed by atoms with van der Waals surface area (Å²) in [5.74, 6) is 1.45. The van der Waals surface area contributed by atoms with Crippen LogP contribution in [0.1, 0.15) is 13.8 Å². The Morgan fingerprint density at radius 3 is 1.44 bits per heavy atom. The van der Waals surface area contributed by atoms with Gasteiger partial charge < -0.3 is 11.5 Å². The molecule has 0 rings (SSSR count). The third-order valence-electron chi connectivity index (χ3n) is 2.34. The molecule has 16 heavy (non-hydrogen) atoms. The van der Waals surface area contributed by atoms with Crippen molar-refractivity contribution < 1.29 is 0 Å². The van der Waals surface area contributed by atoms with Crippen molar-refractivity contribution in [3.8, 4) is 0 Å². The van der Waals surface area contributed by atoms with Crippen LogP contribution in [-0.2, 0) is 0 Å². The normalized spacial score (nSPS) is 17.8. The van der Waals surface area contributed by atoms with Gasteiger partial charge in [-0.15, -0.1) is 0 Å². The smallest absolute Gasteiger partial charge is 0.0981 e. The van der Waals surface area contributed by atoms with Crippen LogP contribution in [0.15, 0.2) is 20.2 Å². The predicted molar refractivity (Wildman–Crippen MR) is 68.0 cm³/mol. The summed E-state index contributed by atoms with van der Waals surface area (Å²) in [6.45, 7) is 5.04. The van der Waals surface area contributed by atoms with Gasteiger partial charge in [-0.3, -0.25) is 9.98 Å². The SMILES string of the molecule is CN=C(N)C(C)CN=NCC(C)C(N)=NC. The highest BCUT2D eigenvalue weighted by molar-refractivity contribution is 5.82. The van der Waals surface area contributed by atoms with Crippen molar-refractivity contribution in [2.24, 2.45) is 43.5 Å². The van der Waals surface area contributed by atoms with Crippen LogP contribution in [0.5, 0.6) is 0 Å². The van der Waals surface area contributed by atoms with Gasteiger partial charge in [-0.2, -0.15) is 10.2 Å². The van der Waals surface area contributed by atoms with Crippen molar-refractivity contribution in [3.05, 3.63) is 0 Å². The van der Waals surface area contributed by atoms with E-state index in [1.165, 1.54) is 0 Å². The number of azo groups is 1. The predicted octanol–water partition coefficient (Wildman–Crippen LogP) is 0.685. The molecule has 0 aromatic rings. The second-order valence-electron chi connectivity index (χ2n) is 3.75. The molecule has 0 aliphatic rings. The van der Waals surface area contributed by atoms with E-state index in [1.807, 2.05) is 13.8 Å². The fourth-order valence-corrected chi connectivity index (χ4v) is 0.988. The van der Waals surface area contributed by atoms with E-state index in [9.17, 15) is 0 Å². The molecule has 0 saturated heterocycles.